The van der Waals surface area contributed by atoms with Crippen molar-refractivity contribution in [2.75, 3.05) is 17.2 Å². The number of hydrogen-bond acceptors (Lipinski definition) is 7. The molecule has 4 aromatic rings. The molecule has 29 heavy (non-hydrogen) atoms. The minimum atomic E-state index is -1.04. The fraction of sp³-hybridized carbons (Fsp3) is 0.333. The third-order valence-electron chi connectivity index (χ3n) is 4.25. The van der Waals surface area contributed by atoms with Crippen LogP contribution in [0.2, 0.25) is 5.15 Å². The Kier molecular flexibility index (Phi) is 4.75. The van der Waals surface area contributed by atoms with Crippen LogP contribution in [0.25, 0.3) is 21.9 Å². The summed E-state index contributed by atoms with van der Waals surface area (Å²) in [7, 11) is 0. The van der Waals surface area contributed by atoms with Crippen molar-refractivity contribution >= 4 is 51.0 Å². The molecular formula is C18H20ClFN8O. The number of H-pyrrole nitrogens is 1. The SMILES string of the molecule is CCNc1nc(Nc2ccc(F)c3c2cnn3CC(C)(C)O)nc2[nH]nc(Cl)c12. The zero-order chi connectivity index (χ0) is 20.8. The number of nitrogens with zero attached hydrogens (tertiary/aromatic N) is 5. The van der Waals surface area contributed by atoms with Crippen molar-refractivity contribution in [3.8, 4) is 0 Å². The summed E-state index contributed by atoms with van der Waals surface area (Å²) in [5, 5.41) is 28.7. The standard InChI is InChI=1S/C18H20ClFN8O/c1-4-21-15-12-14(19)26-27-16(12)25-17(24-15)23-11-6-5-10(20)13-9(11)7-22-28(13)8-18(2,3)29/h5-7,29H,4,8H2,1-3H3,(H3,21,23,24,25,26,27). The van der Waals surface area contributed by atoms with Crippen molar-refractivity contribution in [3.63, 3.8) is 0 Å². The first-order valence-corrected chi connectivity index (χ1v) is 9.43. The van der Waals surface area contributed by atoms with Crippen LogP contribution in [0.4, 0.5) is 21.8 Å². The van der Waals surface area contributed by atoms with Crippen molar-refractivity contribution in [1.29, 1.82) is 0 Å². The molecule has 0 saturated heterocycles. The van der Waals surface area contributed by atoms with E-state index in [0.29, 0.717) is 34.5 Å². The first-order chi connectivity index (χ1) is 13.8. The maximum absolute atomic E-state index is 14.5. The monoisotopic (exact) mass is 418 g/mol. The van der Waals surface area contributed by atoms with E-state index in [0.717, 1.165) is 0 Å². The fourth-order valence-corrected chi connectivity index (χ4v) is 3.34. The van der Waals surface area contributed by atoms with Crippen LogP contribution in [-0.2, 0) is 6.54 Å². The first-order valence-electron chi connectivity index (χ1n) is 9.05. The zero-order valence-electron chi connectivity index (χ0n) is 16.1. The van der Waals surface area contributed by atoms with Gasteiger partial charge in [-0.3, -0.25) is 9.78 Å². The van der Waals surface area contributed by atoms with Gasteiger partial charge in [0.25, 0.3) is 0 Å². The van der Waals surface area contributed by atoms with E-state index in [1.165, 1.54) is 10.7 Å². The molecule has 3 heterocycles. The highest BCUT2D eigenvalue weighted by Crippen LogP contribution is 2.31. The normalized spacial score (nSPS) is 12.1. The van der Waals surface area contributed by atoms with Gasteiger partial charge >= 0.3 is 0 Å². The molecule has 4 N–H and O–H groups in total. The van der Waals surface area contributed by atoms with Crippen LogP contribution in [-0.4, -0.2) is 47.2 Å². The minimum Gasteiger partial charge on any atom is -0.389 e. The highest BCUT2D eigenvalue weighted by Gasteiger charge is 2.20. The summed E-state index contributed by atoms with van der Waals surface area (Å²) < 4.78 is 16.0. The van der Waals surface area contributed by atoms with Gasteiger partial charge in [0, 0.05) is 11.9 Å². The third-order valence-corrected chi connectivity index (χ3v) is 4.53. The number of hydrogen-bond donors (Lipinski definition) is 4. The number of rotatable bonds is 6. The molecule has 0 aliphatic rings. The topological polar surface area (TPSA) is 117 Å². The lowest BCUT2D eigenvalue weighted by atomic mass is 10.1. The van der Waals surface area contributed by atoms with E-state index in [-0.39, 0.29) is 23.2 Å². The van der Waals surface area contributed by atoms with Gasteiger partial charge < -0.3 is 15.7 Å². The van der Waals surface area contributed by atoms with Gasteiger partial charge in [-0.25, -0.2) is 4.39 Å². The quantitative estimate of drug-likeness (QED) is 0.379. The van der Waals surface area contributed by atoms with E-state index in [1.807, 2.05) is 6.92 Å². The summed E-state index contributed by atoms with van der Waals surface area (Å²) in [6, 6.07) is 2.93. The number of nitrogens with one attached hydrogen (secondary N) is 3. The maximum atomic E-state index is 14.5. The second-order valence-corrected chi connectivity index (χ2v) is 7.62. The lowest BCUT2D eigenvalue weighted by Gasteiger charge is -2.17. The van der Waals surface area contributed by atoms with Gasteiger partial charge in [-0.05, 0) is 32.9 Å². The van der Waals surface area contributed by atoms with Crippen molar-refractivity contribution in [2.45, 2.75) is 32.9 Å². The average molecular weight is 419 g/mol. The molecule has 0 saturated carbocycles. The van der Waals surface area contributed by atoms with E-state index < -0.39 is 11.4 Å². The molecule has 11 heteroatoms. The van der Waals surface area contributed by atoms with Crippen molar-refractivity contribution in [2.24, 2.45) is 0 Å². The molecule has 0 bridgehead atoms. The molecule has 4 rings (SSSR count). The molecule has 0 atom stereocenters. The number of aliphatic hydroxyl groups is 1. The first kappa shape index (κ1) is 19.3. The minimum absolute atomic E-state index is 0.149. The highest BCUT2D eigenvalue weighted by molar-refractivity contribution is 6.35. The van der Waals surface area contributed by atoms with Crippen LogP contribution in [0, 0.1) is 5.82 Å². The van der Waals surface area contributed by atoms with Gasteiger partial charge in [0.05, 0.1) is 24.0 Å². The molecule has 0 radical (unpaired) electrons. The van der Waals surface area contributed by atoms with Gasteiger partial charge in [-0.1, -0.05) is 11.6 Å². The van der Waals surface area contributed by atoms with Gasteiger partial charge in [0.15, 0.2) is 10.8 Å². The number of benzene rings is 1. The van der Waals surface area contributed by atoms with Crippen molar-refractivity contribution in [1.82, 2.24) is 29.9 Å². The lowest BCUT2D eigenvalue weighted by Crippen LogP contribution is -2.26. The highest BCUT2D eigenvalue weighted by atomic mass is 35.5. The van der Waals surface area contributed by atoms with Crippen LogP contribution in [0.1, 0.15) is 20.8 Å². The Morgan fingerprint density at radius 2 is 2.10 bits per heavy atom. The van der Waals surface area contributed by atoms with Gasteiger partial charge in [-0.15, -0.1) is 0 Å². The molecule has 0 unspecified atom stereocenters. The van der Waals surface area contributed by atoms with E-state index in [9.17, 15) is 9.50 Å². The lowest BCUT2D eigenvalue weighted by molar-refractivity contribution is 0.0590. The fourth-order valence-electron chi connectivity index (χ4n) is 3.12. The predicted molar refractivity (Wildman–Crippen MR) is 110 cm³/mol. The molecule has 0 aliphatic carbocycles. The van der Waals surface area contributed by atoms with Crippen LogP contribution < -0.4 is 10.6 Å². The summed E-state index contributed by atoms with van der Waals surface area (Å²) in [6.07, 6.45) is 1.54. The molecule has 0 aliphatic heterocycles. The molecular weight excluding hydrogens is 399 g/mol. The molecule has 3 aromatic heterocycles. The number of fused-ring (bicyclic) bond motifs is 2. The number of halogens is 2. The molecule has 1 aromatic carbocycles. The summed E-state index contributed by atoms with van der Waals surface area (Å²) in [5.74, 6) is 0.393. The number of aromatic amines is 1. The van der Waals surface area contributed by atoms with E-state index in [4.69, 9.17) is 11.6 Å². The Balaban J connectivity index is 1.78. The number of anilines is 3. The predicted octanol–water partition coefficient (Wildman–Crippen LogP) is 3.44. The summed E-state index contributed by atoms with van der Waals surface area (Å²) in [6.45, 7) is 6.01. The van der Waals surface area contributed by atoms with E-state index >= 15 is 0 Å². The maximum Gasteiger partial charge on any atom is 0.231 e. The Morgan fingerprint density at radius 3 is 2.83 bits per heavy atom. The van der Waals surface area contributed by atoms with Crippen LogP contribution in [0.5, 0.6) is 0 Å². The van der Waals surface area contributed by atoms with Gasteiger partial charge in [-0.2, -0.15) is 20.2 Å². The summed E-state index contributed by atoms with van der Waals surface area (Å²) in [4.78, 5) is 8.88. The Hall–Kier alpha value is -2.98. The second kappa shape index (κ2) is 7.12. The van der Waals surface area contributed by atoms with Gasteiger partial charge in [0.2, 0.25) is 5.95 Å². The van der Waals surface area contributed by atoms with Crippen molar-refractivity contribution in [3.05, 3.63) is 29.3 Å². The average Bonchev–Trinajstić information content (AvgIpc) is 3.21. The molecule has 152 valence electrons. The summed E-state index contributed by atoms with van der Waals surface area (Å²) in [5.41, 5.74) is 0.300. The van der Waals surface area contributed by atoms with Crippen LogP contribution >= 0.6 is 11.6 Å². The Bertz CT molecular complexity index is 1200. The molecule has 0 fully saturated rings. The van der Waals surface area contributed by atoms with Gasteiger partial charge in [0.1, 0.15) is 22.5 Å². The van der Waals surface area contributed by atoms with Crippen molar-refractivity contribution < 1.29 is 9.50 Å². The Labute approximate surface area is 170 Å². The van der Waals surface area contributed by atoms with Crippen LogP contribution in [0.15, 0.2) is 18.3 Å². The Morgan fingerprint density at radius 1 is 1.31 bits per heavy atom. The molecule has 0 amide bonds. The molecule has 0 spiro atoms. The second-order valence-electron chi connectivity index (χ2n) is 7.26. The third kappa shape index (κ3) is 3.68. The van der Waals surface area contributed by atoms with E-state index in [2.05, 4.69) is 35.9 Å². The number of aromatic nitrogens is 6. The zero-order valence-corrected chi connectivity index (χ0v) is 16.8. The largest absolute Gasteiger partial charge is 0.389 e. The molecule has 9 nitrogen and oxygen atoms in total. The smallest absolute Gasteiger partial charge is 0.231 e. The van der Waals surface area contributed by atoms with E-state index in [1.54, 1.807) is 26.1 Å². The van der Waals surface area contributed by atoms with Crippen LogP contribution in [0.3, 0.4) is 0 Å². The summed E-state index contributed by atoms with van der Waals surface area (Å²) >= 11 is 6.12.